The van der Waals surface area contributed by atoms with E-state index in [2.05, 4.69) is 20.2 Å². The van der Waals surface area contributed by atoms with Crippen molar-refractivity contribution >= 4 is 29.9 Å². The molecular formula is C22H21F2N5O5. The van der Waals surface area contributed by atoms with Gasteiger partial charge in [-0.25, -0.2) is 18.6 Å². The Kier molecular flexibility index (Phi) is 6.85. The Hall–Kier alpha value is -4.22. The summed E-state index contributed by atoms with van der Waals surface area (Å²) in [6.07, 6.45) is 1.45. The number of hydrogen-bond acceptors (Lipinski definition) is 9. The fourth-order valence-electron chi connectivity index (χ4n) is 3.44. The molecule has 178 valence electrons. The lowest BCUT2D eigenvalue weighted by Gasteiger charge is -2.18. The van der Waals surface area contributed by atoms with Crippen LogP contribution in [0.4, 0.5) is 30.9 Å². The van der Waals surface area contributed by atoms with Crippen molar-refractivity contribution in [3.05, 3.63) is 54.4 Å². The van der Waals surface area contributed by atoms with Gasteiger partial charge in [0.15, 0.2) is 17.5 Å². The maximum atomic E-state index is 15.0. The van der Waals surface area contributed by atoms with E-state index in [0.717, 1.165) is 4.90 Å². The largest absolute Gasteiger partial charge is 0.466 e. The van der Waals surface area contributed by atoms with Crippen LogP contribution in [0.3, 0.4) is 0 Å². The van der Waals surface area contributed by atoms with E-state index in [1.54, 1.807) is 30.1 Å². The first kappa shape index (κ1) is 23.0. The van der Waals surface area contributed by atoms with Gasteiger partial charge < -0.3 is 24.2 Å². The maximum absolute atomic E-state index is 15.0. The summed E-state index contributed by atoms with van der Waals surface area (Å²) in [7, 11) is 1.76. The number of carbonyl (C=O) groups is 2. The lowest BCUT2D eigenvalue weighted by atomic mass is 10.1. The molecule has 1 N–H and O–H groups in total. The first-order valence-corrected chi connectivity index (χ1v) is 10.3. The monoisotopic (exact) mass is 473 g/mol. The zero-order valence-corrected chi connectivity index (χ0v) is 18.1. The zero-order chi connectivity index (χ0) is 24.1. The van der Waals surface area contributed by atoms with E-state index in [1.807, 2.05) is 0 Å². The molecule has 0 aliphatic carbocycles. The third kappa shape index (κ3) is 4.90. The molecule has 12 heteroatoms. The highest BCUT2D eigenvalue weighted by Crippen LogP contribution is 2.32. The summed E-state index contributed by atoms with van der Waals surface area (Å²) >= 11 is 0. The summed E-state index contributed by atoms with van der Waals surface area (Å²) in [4.78, 5) is 29.6. The van der Waals surface area contributed by atoms with Gasteiger partial charge in [0.25, 0.3) is 6.47 Å². The molecule has 3 aromatic rings. The Balaban J connectivity index is 1.45. The highest BCUT2D eigenvalue weighted by Gasteiger charge is 2.35. The Bertz CT molecular complexity index is 1140. The van der Waals surface area contributed by atoms with Gasteiger partial charge in [-0.05, 0) is 24.3 Å². The molecule has 34 heavy (non-hydrogen) atoms. The van der Waals surface area contributed by atoms with Gasteiger partial charge in [-0.3, -0.25) is 9.69 Å². The van der Waals surface area contributed by atoms with E-state index in [9.17, 15) is 18.4 Å². The Morgan fingerprint density at radius 2 is 2.12 bits per heavy atom. The molecule has 1 aromatic carbocycles. The average molecular weight is 473 g/mol. The normalized spacial score (nSPS) is 15.2. The predicted molar refractivity (Wildman–Crippen MR) is 117 cm³/mol. The number of ether oxygens (including phenoxy) is 2. The number of anilines is 3. The van der Waals surface area contributed by atoms with Crippen LogP contribution in [0.1, 0.15) is 0 Å². The molecule has 0 radical (unpaired) electrons. The van der Waals surface area contributed by atoms with Crippen LogP contribution in [-0.4, -0.2) is 62.1 Å². The van der Waals surface area contributed by atoms with E-state index in [4.69, 9.17) is 9.26 Å². The van der Waals surface area contributed by atoms with Crippen LogP contribution in [0.5, 0.6) is 0 Å². The number of carbonyl (C=O) groups excluding carboxylic acids is 2. The third-order valence-electron chi connectivity index (χ3n) is 5.24. The molecule has 1 aliphatic heterocycles. The second-order valence-corrected chi connectivity index (χ2v) is 7.44. The highest BCUT2D eigenvalue weighted by atomic mass is 19.2. The molecule has 4 rings (SSSR count). The minimum Gasteiger partial charge on any atom is -0.466 e. The number of likely N-dealkylation sites (N-methyl/N-ethyl adjacent to an activating group) is 1. The molecule has 1 amide bonds. The van der Waals surface area contributed by atoms with Crippen LogP contribution in [0.15, 0.2) is 47.3 Å². The van der Waals surface area contributed by atoms with Gasteiger partial charge in [-0.15, -0.1) is 0 Å². The van der Waals surface area contributed by atoms with E-state index < -0.39 is 23.8 Å². The van der Waals surface area contributed by atoms with Crippen LogP contribution in [-0.2, 0) is 14.3 Å². The van der Waals surface area contributed by atoms with E-state index >= 15 is 0 Å². The first-order chi connectivity index (χ1) is 16.5. The summed E-state index contributed by atoms with van der Waals surface area (Å²) in [5.74, 6) is -1.22. The third-order valence-corrected chi connectivity index (χ3v) is 5.24. The Labute approximate surface area is 193 Å². The van der Waals surface area contributed by atoms with Crippen LogP contribution in [0.25, 0.3) is 11.1 Å². The van der Waals surface area contributed by atoms with Crippen molar-refractivity contribution in [1.82, 2.24) is 10.1 Å². The summed E-state index contributed by atoms with van der Waals surface area (Å²) in [6, 6.07) is 7.57. The molecule has 1 saturated heterocycles. The topological polar surface area (TPSA) is 110 Å². The standard InChI is InChI=1S/C22H21F2N5O5/c1-28(7-9-32-13-30)19-5-2-14(10-26-19)16-3-4-17(21(24)20(16)23)29-12-15(34-22(29)31)11-25-18-6-8-33-27-18/h2-6,8,10,13,15H,7,9,11-12H2,1H3,(H,25,27)/t15-/m0/s1. The number of nitrogens with one attached hydrogen (secondary N) is 1. The summed E-state index contributed by atoms with van der Waals surface area (Å²) in [5.41, 5.74) is 0.154. The van der Waals surface area contributed by atoms with E-state index in [0.29, 0.717) is 30.2 Å². The molecule has 0 unspecified atom stereocenters. The molecule has 2 aromatic heterocycles. The zero-order valence-electron chi connectivity index (χ0n) is 18.1. The van der Waals surface area contributed by atoms with Crippen LogP contribution in [0.2, 0.25) is 0 Å². The number of nitrogens with zero attached hydrogens (tertiary/aromatic N) is 4. The quantitative estimate of drug-likeness (QED) is 0.351. The van der Waals surface area contributed by atoms with Crippen molar-refractivity contribution in [1.29, 1.82) is 0 Å². The number of cyclic esters (lactones) is 1. The minimum atomic E-state index is -1.16. The van der Waals surface area contributed by atoms with Gasteiger partial charge in [0, 0.05) is 30.4 Å². The van der Waals surface area contributed by atoms with Gasteiger partial charge in [0.05, 0.1) is 25.3 Å². The van der Waals surface area contributed by atoms with Gasteiger partial charge >= 0.3 is 6.09 Å². The maximum Gasteiger partial charge on any atom is 0.414 e. The predicted octanol–water partition coefficient (Wildman–Crippen LogP) is 3.06. The van der Waals surface area contributed by atoms with Crippen LogP contribution in [0, 0.1) is 11.6 Å². The van der Waals surface area contributed by atoms with Gasteiger partial charge in [0.2, 0.25) is 0 Å². The van der Waals surface area contributed by atoms with Gasteiger partial charge in [-0.1, -0.05) is 5.16 Å². The summed E-state index contributed by atoms with van der Waals surface area (Å²) < 4.78 is 44.5. The van der Waals surface area contributed by atoms with Crippen LogP contribution < -0.4 is 15.1 Å². The molecule has 10 nitrogen and oxygen atoms in total. The number of rotatable bonds is 10. The van der Waals surface area contributed by atoms with Crippen molar-refractivity contribution in [2.75, 3.05) is 48.4 Å². The number of halogens is 2. The lowest BCUT2D eigenvalue weighted by molar-refractivity contribution is -0.128. The van der Waals surface area contributed by atoms with Crippen LogP contribution >= 0.6 is 0 Å². The van der Waals surface area contributed by atoms with E-state index in [1.165, 1.54) is 24.6 Å². The summed E-state index contributed by atoms with van der Waals surface area (Å²) in [5, 5.41) is 6.63. The van der Waals surface area contributed by atoms with Crippen molar-refractivity contribution in [3.8, 4) is 11.1 Å². The minimum absolute atomic E-state index is 0.00375. The number of aromatic nitrogens is 2. The molecular weight excluding hydrogens is 452 g/mol. The molecule has 3 heterocycles. The molecule has 0 bridgehead atoms. The van der Waals surface area contributed by atoms with Crippen molar-refractivity contribution in [3.63, 3.8) is 0 Å². The second kappa shape index (κ2) is 10.1. The number of benzene rings is 1. The number of hydrogen-bond donors (Lipinski definition) is 1. The Morgan fingerprint density at radius 1 is 1.26 bits per heavy atom. The second-order valence-electron chi connectivity index (χ2n) is 7.44. The summed E-state index contributed by atoms with van der Waals surface area (Å²) in [6.45, 7) is 1.24. The first-order valence-electron chi connectivity index (χ1n) is 10.3. The molecule has 1 fully saturated rings. The van der Waals surface area contributed by atoms with Gasteiger partial charge in [0.1, 0.15) is 24.8 Å². The SMILES string of the molecule is CN(CCOC=O)c1ccc(-c2ccc(N3C[C@H](CNc4ccon4)OC3=O)c(F)c2F)cn1. The number of pyridine rings is 1. The van der Waals surface area contributed by atoms with Gasteiger partial charge in [-0.2, -0.15) is 0 Å². The van der Waals surface area contributed by atoms with Crippen molar-refractivity contribution in [2.24, 2.45) is 0 Å². The van der Waals surface area contributed by atoms with Crippen molar-refractivity contribution in [2.45, 2.75) is 6.10 Å². The fourth-order valence-corrected chi connectivity index (χ4v) is 3.44. The molecule has 0 spiro atoms. The highest BCUT2D eigenvalue weighted by molar-refractivity contribution is 5.90. The Morgan fingerprint density at radius 3 is 2.82 bits per heavy atom. The smallest absolute Gasteiger partial charge is 0.414 e. The fraction of sp³-hybridized carbons (Fsp3) is 0.273. The number of amides is 1. The molecule has 1 atom stereocenters. The van der Waals surface area contributed by atoms with Crippen molar-refractivity contribution < 1.29 is 32.4 Å². The lowest BCUT2D eigenvalue weighted by Crippen LogP contribution is -2.28. The molecule has 1 aliphatic rings. The molecule has 0 saturated carbocycles. The van der Waals surface area contributed by atoms with E-state index in [-0.39, 0.29) is 30.9 Å². The average Bonchev–Trinajstić information content (AvgIpc) is 3.49.